The second kappa shape index (κ2) is 9.34. The van der Waals surface area contributed by atoms with Crippen LogP contribution in [0, 0.1) is 5.82 Å². The van der Waals surface area contributed by atoms with E-state index in [0.717, 1.165) is 42.5 Å². The van der Waals surface area contributed by atoms with E-state index in [2.05, 4.69) is 25.1 Å². The predicted molar refractivity (Wildman–Crippen MR) is 125 cm³/mol. The van der Waals surface area contributed by atoms with Gasteiger partial charge >= 0.3 is 6.18 Å². The lowest BCUT2D eigenvalue weighted by Gasteiger charge is -2.29. The van der Waals surface area contributed by atoms with Gasteiger partial charge in [0.15, 0.2) is 11.3 Å². The number of alkyl halides is 3. The quantitative estimate of drug-likeness (QED) is 0.394. The molecule has 0 bridgehead atoms. The van der Waals surface area contributed by atoms with Crippen LogP contribution >= 0.6 is 0 Å². The van der Waals surface area contributed by atoms with Crippen LogP contribution in [0.3, 0.4) is 0 Å². The smallest absolute Gasteiger partial charge is 0.383 e. The minimum Gasteiger partial charge on any atom is -0.383 e. The molecule has 5 rings (SSSR count). The van der Waals surface area contributed by atoms with Crippen molar-refractivity contribution < 1.29 is 22.4 Å². The van der Waals surface area contributed by atoms with Crippen LogP contribution in [0.25, 0.3) is 11.0 Å². The molecule has 8 nitrogen and oxygen atoms in total. The zero-order valence-electron chi connectivity index (χ0n) is 19.6. The van der Waals surface area contributed by atoms with Gasteiger partial charge in [-0.1, -0.05) is 0 Å². The van der Waals surface area contributed by atoms with Gasteiger partial charge < -0.3 is 10.6 Å². The van der Waals surface area contributed by atoms with Crippen LogP contribution < -0.4 is 5.73 Å². The molecule has 1 atom stereocenters. The summed E-state index contributed by atoms with van der Waals surface area (Å²) in [6.07, 6.45) is 0.570. The van der Waals surface area contributed by atoms with Gasteiger partial charge in [0.05, 0.1) is 29.5 Å². The highest BCUT2D eigenvalue weighted by Gasteiger charge is 2.33. The summed E-state index contributed by atoms with van der Waals surface area (Å²) in [6.45, 7) is 1.34. The summed E-state index contributed by atoms with van der Waals surface area (Å²) in [7, 11) is 0. The lowest BCUT2D eigenvalue weighted by atomic mass is 10.0. The number of halogens is 4. The third kappa shape index (κ3) is 4.66. The van der Waals surface area contributed by atoms with Crippen LogP contribution in [-0.2, 0) is 25.6 Å². The van der Waals surface area contributed by atoms with Crippen LogP contribution in [0.2, 0.25) is 0 Å². The topological polar surface area (TPSA) is 111 Å². The number of nitrogen functional groups attached to an aromatic ring is 1. The maximum Gasteiger partial charge on any atom is 0.435 e. The lowest BCUT2D eigenvalue weighted by Crippen LogP contribution is -2.34. The molecule has 1 amide bonds. The van der Waals surface area contributed by atoms with Crippen molar-refractivity contribution in [2.75, 3.05) is 5.73 Å². The van der Waals surface area contributed by atoms with E-state index in [0.29, 0.717) is 16.9 Å². The average molecular weight is 511 g/mol. The Hall–Kier alpha value is -4.22. The van der Waals surface area contributed by atoms with Crippen molar-refractivity contribution >= 4 is 22.8 Å². The Bertz CT molecular complexity index is 1490. The molecule has 0 aliphatic heterocycles. The summed E-state index contributed by atoms with van der Waals surface area (Å²) in [6, 6.07) is 5.35. The fourth-order valence-corrected chi connectivity index (χ4v) is 4.56. The molecule has 0 aromatic carbocycles. The molecule has 4 heterocycles. The van der Waals surface area contributed by atoms with Crippen molar-refractivity contribution in [3.63, 3.8) is 0 Å². The Morgan fingerprint density at radius 2 is 1.92 bits per heavy atom. The van der Waals surface area contributed by atoms with E-state index in [1.54, 1.807) is 13.0 Å². The molecule has 2 N–H and O–H groups in total. The number of carbonyl (C=O) groups excluding carboxylic acids is 1. The molecule has 0 saturated heterocycles. The van der Waals surface area contributed by atoms with Crippen molar-refractivity contribution in [1.29, 1.82) is 0 Å². The van der Waals surface area contributed by atoms with Crippen molar-refractivity contribution in [2.45, 2.75) is 44.9 Å². The van der Waals surface area contributed by atoms with Gasteiger partial charge in [0, 0.05) is 17.8 Å². The van der Waals surface area contributed by atoms with Gasteiger partial charge in [-0.2, -0.15) is 18.3 Å². The molecule has 4 aromatic heterocycles. The van der Waals surface area contributed by atoms with Crippen molar-refractivity contribution in [1.82, 2.24) is 30.0 Å². The number of pyridine rings is 3. The predicted octanol–water partition coefficient (Wildman–Crippen LogP) is 4.45. The molecule has 0 saturated carbocycles. The molecule has 1 unspecified atom stereocenters. The van der Waals surface area contributed by atoms with Crippen molar-refractivity contribution in [3.05, 3.63) is 82.3 Å². The first kappa shape index (κ1) is 24.5. The van der Waals surface area contributed by atoms with Gasteiger partial charge in [0.1, 0.15) is 11.6 Å². The summed E-state index contributed by atoms with van der Waals surface area (Å²) in [5, 5.41) is 7.59. The maximum atomic E-state index is 14.6. The van der Waals surface area contributed by atoms with Gasteiger partial charge in [0.2, 0.25) is 0 Å². The van der Waals surface area contributed by atoms with E-state index in [1.807, 2.05) is 0 Å². The normalized spacial score (nSPS) is 14.0. The third-order valence-corrected chi connectivity index (χ3v) is 6.45. The highest BCUT2D eigenvalue weighted by atomic mass is 19.4. The molecule has 1 aliphatic rings. The molecule has 1 aliphatic carbocycles. The van der Waals surface area contributed by atoms with E-state index in [-0.39, 0.29) is 23.5 Å². The minimum absolute atomic E-state index is 0.000184. The highest BCUT2D eigenvalue weighted by molar-refractivity contribution is 5.98. The SMILES string of the molecule is CC(c1ncccc1F)N(Cc1ccc(C(F)(F)F)nn1)C(=O)c1cnc2nc(N)c3c(c2c1)CCC3. The average Bonchev–Trinajstić information content (AvgIpc) is 3.38. The summed E-state index contributed by atoms with van der Waals surface area (Å²) >= 11 is 0. The molecular formula is C25H21F4N7O. The van der Waals surface area contributed by atoms with Gasteiger partial charge in [-0.25, -0.2) is 14.4 Å². The van der Waals surface area contributed by atoms with E-state index in [1.165, 1.54) is 29.4 Å². The molecule has 0 radical (unpaired) electrons. The largest absolute Gasteiger partial charge is 0.435 e. The van der Waals surface area contributed by atoms with Gasteiger partial charge in [-0.05, 0) is 67.6 Å². The van der Waals surface area contributed by atoms with E-state index in [9.17, 15) is 22.4 Å². The van der Waals surface area contributed by atoms with E-state index < -0.39 is 29.6 Å². The highest BCUT2D eigenvalue weighted by Crippen LogP contribution is 2.33. The number of amides is 1. The number of hydrogen-bond acceptors (Lipinski definition) is 7. The maximum absolute atomic E-state index is 14.6. The first-order valence-electron chi connectivity index (χ1n) is 11.5. The number of fused-ring (bicyclic) bond motifs is 3. The zero-order valence-corrected chi connectivity index (χ0v) is 19.6. The number of carbonyl (C=O) groups is 1. The zero-order chi connectivity index (χ0) is 26.3. The van der Waals surface area contributed by atoms with E-state index in [4.69, 9.17) is 5.73 Å². The molecule has 37 heavy (non-hydrogen) atoms. The molecule has 12 heteroatoms. The fourth-order valence-electron chi connectivity index (χ4n) is 4.56. The minimum atomic E-state index is -4.65. The van der Waals surface area contributed by atoms with Crippen LogP contribution in [-0.4, -0.2) is 36.0 Å². The Kier molecular flexibility index (Phi) is 6.18. The first-order valence-corrected chi connectivity index (χ1v) is 11.5. The lowest BCUT2D eigenvalue weighted by molar-refractivity contribution is -0.141. The van der Waals surface area contributed by atoms with Gasteiger partial charge in [-0.3, -0.25) is 9.78 Å². The van der Waals surface area contributed by atoms with Crippen LogP contribution in [0.4, 0.5) is 23.4 Å². The fraction of sp³-hybridized carbons (Fsp3) is 0.280. The number of nitrogens with two attached hydrogens (primary N) is 1. The molecule has 4 aromatic rings. The summed E-state index contributed by atoms with van der Waals surface area (Å²) in [4.78, 5) is 27.8. The number of hydrogen-bond donors (Lipinski definition) is 1. The Morgan fingerprint density at radius 3 is 2.62 bits per heavy atom. The second-order valence-electron chi connectivity index (χ2n) is 8.79. The van der Waals surface area contributed by atoms with Crippen molar-refractivity contribution in [3.8, 4) is 0 Å². The number of aryl methyl sites for hydroxylation is 1. The van der Waals surface area contributed by atoms with Crippen LogP contribution in [0.1, 0.15) is 58.0 Å². The van der Waals surface area contributed by atoms with Gasteiger partial charge in [-0.15, -0.1) is 5.10 Å². The number of anilines is 1. The summed E-state index contributed by atoms with van der Waals surface area (Å²) in [5.74, 6) is -0.731. The van der Waals surface area contributed by atoms with Crippen molar-refractivity contribution in [2.24, 2.45) is 0 Å². The number of aromatic nitrogens is 5. The first-order chi connectivity index (χ1) is 17.6. The number of rotatable bonds is 5. The Morgan fingerprint density at radius 1 is 1.14 bits per heavy atom. The molecular weight excluding hydrogens is 490 g/mol. The standard InChI is InChI=1S/C25H21F4N7O/c1-13(21-19(26)6-3-9-31-21)36(12-15-7-8-20(35-34-15)25(27,28)29)24(37)14-10-18-16-4-2-5-17(16)22(30)33-23(18)32-11-14/h3,6-11,13H,2,4-5,12H2,1H3,(H2,30,32,33). The third-order valence-electron chi connectivity index (χ3n) is 6.45. The Balaban J connectivity index is 1.55. The van der Waals surface area contributed by atoms with Crippen LogP contribution in [0.15, 0.2) is 42.7 Å². The number of nitrogens with zero attached hydrogens (tertiary/aromatic N) is 6. The molecule has 190 valence electrons. The monoisotopic (exact) mass is 511 g/mol. The molecule has 0 fully saturated rings. The van der Waals surface area contributed by atoms with E-state index >= 15 is 0 Å². The summed E-state index contributed by atoms with van der Waals surface area (Å²) in [5.41, 5.74) is 7.57. The molecule has 0 spiro atoms. The summed E-state index contributed by atoms with van der Waals surface area (Å²) < 4.78 is 53.4. The van der Waals surface area contributed by atoms with Gasteiger partial charge in [0.25, 0.3) is 5.91 Å². The Labute approximate surface area is 208 Å². The second-order valence-corrected chi connectivity index (χ2v) is 8.79. The van der Waals surface area contributed by atoms with Crippen LogP contribution in [0.5, 0.6) is 0 Å².